The minimum Gasteiger partial charge on any atom is -0.395 e. The lowest BCUT2D eigenvalue weighted by atomic mass is 10.2. The zero-order valence-electron chi connectivity index (χ0n) is 15.4. The van der Waals surface area contributed by atoms with Crippen LogP contribution in [0.1, 0.15) is 10.5 Å². The molecule has 172 valence electrons. The Balaban J connectivity index is 2.34. The number of hydrogen-bond acceptors (Lipinski definition) is 5. The van der Waals surface area contributed by atoms with Gasteiger partial charge < -0.3 is 20.1 Å². The third-order valence-electron chi connectivity index (χ3n) is 3.99. The fourth-order valence-electron chi connectivity index (χ4n) is 2.47. The molecular formula is C16H15F6N3O5S. The Hall–Kier alpha value is -2.62. The second-order valence-electron chi connectivity index (χ2n) is 6.25. The van der Waals surface area contributed by atoms with Crippen molar-refractivity contribution in [3.63, 3.8) is 0 Å². The van der Waals surface area contributed by atoms with Crippen molar-refractivity contribution in [2.75, 3.05) is 11.9 Å². The van der Waals surface area contributed by atoms with E-state index in [0.29, 0.717) is 22.9 Å². The predicted molar refractivity (Wildman–Crippen MR) is 92.9 cm³/mol. The van der Waals surface area contributed by atoms with Gasteiger partial charge in [0.25, 0.3) is 5.91 Å². The number of amides is 1. The Kier molecular flexibility index (Phi) is 7.04. The summed E-state index contributed by atoms with van der Waals surface area (Å²) in [6, 6.07) is -0.255. The van der Waals surface area contributed by atoms with Crippen LogP contribution in [-0.2, 0) is 17.1 Å². The number of benzene rings is 1. The van der Waals surface area contributed by atoms with Crippen molar-refractivity contribution < 1.29 is 49.8 Å². The van der Waals surface area contributed by atoms with Crippen molar-refractivity contribution in [2.24, 2.45) is 7.05 Å². The lowest BCUT2D eigenvalue weighted by Gasteiger charge is -2.23. The van der Waals surface area contributed by atoms with Gasteiger partial charge in [0, 0.05) is 25.0 Å². The van der Waals surface area contributed by atoms with Crippen LogP contribution in [0.3, 0.4) is 0 Å². The molecule has 0 aliphatic heterocycles. The molecule has 31 heavy (non-hydrogen) atoms. The molecule has 0 aliphatic carbocycles. The molecule has 2 aromatic rings. The molecule has 4 N–H and O–H groups in total. The van der Waals surface area contributed by atoms with Crippen LogP contribution in [0, 0.1) is 17.5 Å². The number of rotatable bonds is 7. The van der Waals surface area contributed by atoms with Crippen molar-refractivity contribution in [3.05, 3.63) is 47.5 Å². The third kappa shape index (κ3) is 5.36. The van der Waals surface area contributed by atoms with Crippen LogP contribution in [0.4, 0.5) is 32.0 Å². The molecule has 0 saturated heterocycles. The number of nitrogens with one attached hydrogen (secondary N) is 2. The number of aryl methyl sites for hydroxylation is 1. The lowest BCUT2D eigenvalue weighted by Crippen LogP contribution is -2.51. The highest BCUT2D eigenvalue weighted by Gasteiger charge is 2.45. The molecule has 0 radical (unpaired) electrons. The standard InChI is InChI=1S/C16H15F6N3O5S/c1-25-5-11(31(29,30)24-10(6-26)14(27)16(20,21)22)12(19)13(25)15(28)23-7-2-3-8(17)9(18)4-7/h2-5,10,14,24,26-27H,6H2,1H3,(H,23,28). The summed E-state index contributed by atoms with van der Waals surface area (Å²) in [6.45, 7) is -1.47. The van der Waals surface area contributed by atoms with Crippen molar-refractivity contribution in [3.8, 4) is 0 Å². The first-order chi connectivity index (χ1) is 14.2. The van der Waals surface area contributed by atoms with Crippen LogP contribution in [0.2, 0.25) is 0 Å². The minimum absolute atomic E-state index is 0.291. The molecule has 15 heteroatoms. The van der Waals surface area contributed by atoms with Crippen LogP contribution in [-0.4, -0.2) is 54.0 Å². The van der Waals surface area contributed by atoms with Gasteiger partial charge in [-0.25, -0.2) is 26.3 Å². The maximum atomic E-state index is 14.7. The van der Waals surface area contributed by atoms with Gasteiger partial charge >= 0.3 is 6.18 Å². The molecule has 0 fully saturated rings. The summed E-state index contributed by atoms with van der Waals surface area (Å²) in [7, 11) is -4.05. The van der Waals surface area contributed by atoms with Crippen molar-refractivity contribution in [1.29, 1.82) is 0 Å². The zero-order valence-corrected chi connectivity index (χ0v) is 16.2. The Labute approximate surface area is 171 Å². The molecule has 0 spiro atoms. The lowest BCUT2D eigenvalue weighted by molar-refractivity contribution is -0.213. The molecule has 0 saturated carbocycles. The summed E-state index contributed by atoms with van der Waals surface area (Å²) in [5, 5.41) is 20.1. The van der Waals surface area contributed by atoms with Gasteiger partial charge in [-0.1, -0.05) is 0 Å². The quantitative estimate of drug-likeness (QED) is 0.450. The fourth-order valence-corrected chi connectivity index (χ4v) is 3.83. The number of sulfonamides is 1. The van der Waals surface area contributed by atoms with Crippen LogP contribution >= 0.6 is 0 Å². The molecular weight excluding hydrogens is 460 g/mol. The van der Waals surface area contributed by atoms with E-state index >= 15 is 0 Å². The molecule has 8 nitrogen and oxygen atoms in total. The normalized spacial score (nSPS) is 14.4. The van der Waals surface area contributed by atoms with Gasteiger partial charge in [0.15, 0.2) is 23.6 Å². The second-order valence-corrected chi connectivity index (χ2v) is 7.93. The summed E-state index contributed by atoms with van der Waals surface area (Å²) < 4.78 is 105. The largest absolute Gasteiger partial charge is 0.416 e. The number of aliphatic hydroxyl groups excluding tert-OH is 2. The average Bonchev–Trinajstić information content (AvgIpc) is 2.96. The Morgan fingerprint density at radius 3 is 2.32 bits per heavy atom. The molecule has 1 aromatic heterocycles. The Bertz CT molecular complexity index is 1090. The van der Waals surface area contributed by atoms with Gasteiger partial charge in [-0.2, -0.15) is 13.2 Å². The monoisotopic (exact) mass is 475 g/mol. The van der Waals surface area contributed by atoms with E-state index < -0.39 is 68.9 Å². The highest BCUT2D eigenvalue weighted by Crippen LogP contribution is 2.25. The molecule has 1 heterocycles. The van der Waals surface area contributed by atoms with E-state index in [4.69, 9.17) is 10.2 Å². The van der Waals surface area contributed by atoms with E-state index in [-0.39, 0.29) is 5.69 Å². The first-order valence-corrected chi connectivity index (χ1v) is 9.66. The summed E-state index contributed by atoms with van der Waals surface area (Å²) in [4.78, 5) is 11.0. The van der Waals surface area contributed by atoms with Gasteiger partial charge in [-0.15, -0.1) is 0 Å². The van der Waals surface area contributed by atoms with Crippen molar-refractivity contribution >= 4 is 21.6 Å². The van der Waals surface area contributed by atoms with E-state index in [0.717, 1.165) is 13.1 Å². The number of nitrogens with zero attached hydrogens (tertiary/aromatic N) is 1. The highest BCUT2D eigenvalue weighted by molar-refractivity contribution is 7.89. The molecule has 2 unspecified atom stereocenters. The molecule has 2 atom stereocenters. The van der Waals surface area contributed by atoms with Gasteiger partial charge in [-0.05, 0) is 12.1 Å². The molecule has 1 amide bonds. The van der Waals surface area contributed by atoms with Crippen LogP contribution in [0.25, 0.3) is 0 Å². The van der Waals surface area contributed by atoms with Gasteiger partial charge in [-0.3, -0.25) is 4.79 Å². The van der Waals surface area contributed by atoms with E-state index in [9.17, 15) is 39.6 Å². The van der Waals surface area contributed by atoms with Gasteiger partial charge in [0.05, 0.1) is 12.6 Å². The van der Waals surface area contributed by atoms with Gasteiger partial charge in [0.1, 0.15) is 10.6 Å². The smallest absolute Gasteiger partial charge is 0.395 e. The van der Waals surface area contributed by atoms with Crippen LogP contribution in [0.5, 0.6) is 0 Å². The topological polar surface area (TPSA) is 121 Å². The maximum absolute atomic E-state index is 14.7. The second kappa shape index (κ2) is 8.86. The first kappa shape index (κ1) is 24.6. The molecule has 2 rings (SSSR count). The van der Waals surface area contributed by atoms with Crippen molar-refractivity contribution in [2.45, 2.75) is 23.2 Å². The number of anilines is 1. The first-order valence-electron chi connectivity index (χ1n) is 8.18. The summed E-state index contributed by atoms with van der Waals surface area (Å²) >= 11 is 0. The number of alkyl halides is 3. The number of aliphatic hydroxyl groups is 2. The zero-order chi connectivity index (χ0) is 23.7. The van der Waals surface area contributed by atoms with E-state index in [1.807, 2.05) is 5.32 Å². The fraction of sp³-hybridized carbons (Fsp3) is 0.312. The van der Waals surface area contributed by atoms with Crippen LogP contribution < -0.4 is 10.0 Å². The number of hydrogen-bond donors (Lipinski definition) is 4. The summed E-state index contributed by atoms with van der Waals surface area (Å²) in [6.07, 6.45) is -8.03. The van der Waals surface area contributed by atoms with Crippen molar-refractivity contribution in [1.82, 2.24) is 9.29 Å². The number of aromatic nitrogens is 1. The van der Waals surface area contributed by atoms with Gasteiger partial charge in [0.2, 0.25) is 10.0 Å². The van der Waals surface area contributed by atoms with E-state index in [2.05, 4.69) is 0 Å². The van der Waals surface area contributed by atoms with E-state index in [1.165, 1.54) is 4.72 Å². The molecule has 1 aromatic carbocycles. The Morgan fingerprint density at radius 1 is 1.19 bits per heavy atom. The molecule has 0 bridgehead atoms. The maximum Gasteiger partial charge on any atom is 0.416 e. The SMILES string of the molecule is Cn1cc(S(=O)(=O)NC(CO)C(O)C(F)(F)F)c(F)c1C(=O)Nc1ccc(F)c(F)c1. The Morgan fingerprint density at radius 2 is 1.81 bits per heavy atom. The van der Waals surface area contributed by atoms with Crippen LogP contribution in [0.15, 0.2) is 29.3 Å². The summed E-state index contributed by atoms with van der Waals surface area (Å²) in [5.74, 6) is -5.49. The highest BCUT2D eigenvalue weighted by atomic mass is 32.2. The van der Waals surface area contributed by atoms with E-state index in [1.54, 1.807) is 0 Å². The number of halogens is 6. The molecule has 0 aliphatic rings. The minimum atomic E-state index is -5.29. The number of carbonyl (C=O) groups excluding carboxylic acids is 1. The number of carbonyl (C=O) groups is 1. The summed E-state index contributed by atoms with van der Waals surface area (Å²) in [5.41, 5.74) is -1.19. The third-order valence-corrected chi connectivity index (χ3v) is 5.47. The predicted octanol–water partition coefficient (Wildman–Crippen LogP) is 1.26. The average molecular weight is 475 g/mol.